The first kappa shape index (κ1) is 24.1. The number of methoxy groups -OCH3 is 1. The van der Waals surface area contributed by atoms with Gasteiger partial charge in [-0.1, -0.05) is 38.1 Å². The third kappa shape index (κ3) is 4.53. The predicted octanol–water partition coefficient (Wildman–Crippen LogP) is 2.38. The number of aromatic nitrogens is 4. The Labute approximate surface area is 214 Å². The molecule has 186 valence electrons. The van der Waals surface area contributed by atoms with Gasteiger partial charge in [0.1, 0.15) is 11.4 Å². The van der Waals surface area contributed by atoms with Crippen molar-refractivity contribution in [3.63, 3.8) is 0 Å². The molecule has 2 aromatic heterocycles. The molecule has 0 amide bonds. The number of H-pyrrole nitrogens is 2. The Balaban J connectivity index is 0.00000253. The lowest BCUT2D eigenvalue weighted by Crippen LogP contribution is -3.00. The highest BCUT2D eigenvalue weighted by molar-refractivity contribution is 5.84. The normalized spacial score (nSPS) is 27.4. The maximum absolute atomic E-state index is 5.69. The third-order valence-electron chi connectivity index (χ3n) is 8.32. The van der Waals surface area contributed by atoms with Crippen LogP contribution in [0.25, 0.3) is 17.1 Å². The first-order chi connectivity index (χ1) is 16.3. The first-order valence-electron chi connectivity index (χ1n) is 12.7. The van der Waals surface area contributed by atoms with Crippen LogP contribution < -0.4 is 21.8 Å². The van der Waals surface area contributed by atoms with Gasteiger partial charge in [0, 0.05) is 17.4 Å². The molecule has 6 nitrogen and oxygen atoms in total. The van der Waals surface area contributed by atoms with Crippen LogP contribution in [0, 0.1) is 17.8 Å². The Morgan fingerprint density at radius 3 is 2.26 bits per heavy atom. The van der Waals surface area contributed by atoms with Crippen LogP contribution in [0.3, 0.4) is 0 Å². The minimum Gasteiger partial charge on any atom is -1.00 e. The van der Waals surface area contributed by atoms with Gasteiger partial charge >= 0.3 is 0 Å². The molecule has 0 unspecified atom stereocenters. The van der Waals surface area contributed by atoms with Crippen LogP contribution in [0.4, 0.5) is 0 Å². The molecule has 7 heteroatoms. The summed E-state index contributed by atoms with van der Waals surface area (Å²) in [5, 5.41) is 7.66. The highest BCUT2D eigenvalue weighted by Crippen LogP contribution is 2.57. The van der Waals surface area contributed by atoms with Gasteiger partial charge in [-0.15, -0.1) is 4.68 Å². The smallest absolute Gasteiger partial charge is 0.265 e. The molecule has 4 bridgehead atoms. The average Bonchev–Trinajstić information content (AvgIpc) is 3.43. The number of rotatable bonds is 5. The fraction of sp³-hybridized carbons (Fsp3) is 0.536. The number of hydrogen-bond donors (Lipinski definition) is 2. The summed E-state index contributed by atoms with van der Waals surface area (Å²) in [5.74, 6) is 3.48. The van der Waals surface area contributed by atoms with E-state index in [9.17, 15) is 0 Å². The Bertz CT molecular complexity index is 1180. The minimum atomic E-state index is 0. The molecule has 2 N–H and O–H groups in total. The van der Waals surface area contributed by atoms with Gasteiger partial charge in [-0.25, -0.2) is 0 Å². The predicted molar refractivity (Wildman–Crippen MR) is 134 cm³/mol. The second-order valence-corrected chi connectivity index (χ2v) is 12.0. The van der Waals surface area contributed by atoms with Gasteiger partial charge < -0.3 is 22.1 Å². The quantitative estimate of drug-likeness (QED) is 0.423. The lowest BCUT2D eigenvalue weighted by molar-refractivity contribution is -0.659. The maximum Gasteiger partial charge on any atom is 0.265 e. The monoisotopic (exact) mass is 493 g/mol. The van der Waals surface area contributed by atoms with Gasteiger partial charge in [0.05, 0.1) is 18.3 Å². The zero-order valence-corrected chi connectivity index (χ0v) is 21.9. The molecule has 4 aliphatic carbocycles. The van der Waals surface area contributed by atoms with Crippen LogP contribution >= 0.6 is 0 Å². The van der Waals surface area contributed by atoms with Crippen LogP contribution in [0.1, 0.15) is 70.6 Å². The van der Waals surface area contributed by atoms with E-state index in [4.69, 9.17) is 9.73 Å². The van der Waals surface area contributed by atoms with E-state index < -0.39 is 0 Å². The van der Waals surface area contributed by atoms with Crippen molar-refractivity contribution in [2.45, 2.75) is 70.3 Å². The van der Waals surface area contributed by atoms with Gasteiger partial charge in [0.2, 0.25) is 0 Å². The molecule has 7 rings (SSSR count). The molecule has 0 aliphatic heterocycles. The first-order valence-corrected chi connectivity index (χ1v) is 12.7. The summed E-state index contributed by atoms with van der Waals surface area (Å²) in [7, 11) is 1.72. The number of hydrogen-bond acceptors (Lipinski definition) is 3. The molecular weight excluding hydrogens is 458 g/mol. The standard InChI is InChI=1S/C28H35N5O.ClH/c1-27(2,3)21-5-7-22(8-6-21)33-17-25(31-32-33)23-12-26(34-4)24(30-23)16-29-28-13-18-9-19(14-28)11-20(10-18)15-28;/h5-8,12,16-20H,9-11,13-15H2,1-4H3,(H,29,30);1H. The van der Waals surface area contributed by atoms with Crippen LogP contribution in [-0.2, 0) is 5.41 Å². The summed E-state index contributed by atoms with van der Waals surface area (Å²) < 4.78 is 7.63. The highest BCUT2D eigenvalue weighted by Gasteiger charge is 2.50. The van der Waals surface area contributed by atoms with Crippen molar-refractivity contribution >= 4 is 6.21 Å². The molecule has 0 saturated heterocycles. The van der Waals surface area contributed by atoms with Crippen molar-refractivity contribution in [2.75, 3.05) is 7.11 Å². The summed E-state index contributed by atoms with van der Waals surface area (Å²) in [6.45, 7) is 6.69. The summed E-state index contributed by atoms with van der Waals surface area (Å²) in [6.07, 6.45) is 12.1. The molecular formula is C28H36ClN5O. The molecule has 2 heterocycles. The van der Waals surface area contributed by atoms with Crippen LogP contribution in [0.2, 0.25) is 0 Å². The Hall–Kier alpha value is -2.60. The van der Waals surface area contributed by atoms with Crippen molar-refractivity contribution in [3.05, 3.63) is 47.8 Å². The van der Waals surface area contributed by atoms with E-state index in [0.717, 1.165) is 46.3 Å². The van der Waals surface area contributed by atoms with Crippen molar-refractivity contribution in [2.24, 2.45) is 22.7 Å². The van der Waals surface area contributed by atoms with E-state index in [-0.39, 0.29) is 23.4 Å². The van der Waals surface area contributed by atoms with Gasteiger partial charge in [-0.2, -0.15) is 0 Å². The molecule has 4 fully saturated rings. The average molecular weight is 494 g/mol. The zero-order valence-electron chi connectivity index (χ0n) is 21.1. The molecule has 4 saturated carbocycles. The molecule has 0 radical (unpaired) electrons. The zero-order chi connectivity index (χ0) is 23.5. The number of aromatic amines is 2. The Morgan fingerprint density at radius 1 is 1.06 bits per heavy atom. The Kier molecular flexibility index (Phi) is 6.07. The van der Waals surface area contributed by atoms with E-state index in [1.165, 1.54) is 44.1 Å². The fourth-order valence-electron chi connectivity index (χ4n) is 6.95. The van der Waals surface area contributed by atoms with Crippen molar-refractivity contribution in [3.8, 4) is 22.8 Å². The minimum absolute atomic E-state index is 0. The fourth-order valence-corrected chi connectivity index (χ4v) is 6.95. The van der Waals surface area contributed by atoms with Crippen LogP contribution in [0.5, 0.6) is 5.75 Å². The molecule has 35 heavy (non-hydrogen) atoms. The molecule has 0 spiro atoms. The molecule has 1 aromatic carbocycles. The van der Waals surface area contributed by atoms with E-state index >= 15 is 0 Å². The number of benzene rings is 1. The summed E-state index contributed by atoms with van der Waals surface area (Å²) >= 11 is 0. The van der Waals surface area contributed by atoms with Gasteiger partial charge in [0.15, 0.2) is 11.9 Å². The number of nitrogens with zero attached hydrogens (tertiary/aromatic N) is 3. The molecule has 0 atom stereocenters. The topological polar surface area (TPSA) is 69.9 Å². The second kappa shape index (κ2) is 8.81. The number of aliphatic imine (C=N–C) groups is 1. The van der Waals surface area contributed by atoms with E-state index in [1.807, 2.05) is 23.2 Å². The molecule has 3 aromatic rings. The van der Waals surface area contributed by atoms with Crippen LogP contribution in [0.15, 0.2) is 41.5 Å². The summed E-state index contributed by atoms with van der Waals surface area (Å²) in [5.41, 5.74) is 5.34. The van der Waals surface area contributed by atoms with Gasteiger partial charge in [0.25, 0.3) is 5.69 Å². The summed E-state index contributed by atoms with van der Waals surface area (Å²) in [6, 6.07) is 10.6. The van der Waals surface area contributed by atoms with Gasteiger partial charge in [-0.3, -0.25) is 4.99 Å². The highest BCUT2D eigenvalue weighted by atomic mass is 35.5. The van der Waals surface area contributed by atoms with E-state index in [0.29, 0.717) is 0 Å². The van der Waals surface area contributed by atoms with Crippen molar-refractivity contribution in [1.29, 1.82) is 0 Å². The largest absolute Gasteiger partial charge is 1.00 e. The lowest BCUT2D eigenvalue weighted by Gasteiger charge is -2.54. The molecule has 4 aliphatic rings. The number of halogens is 1. The van der Waals surface area contributed by atoms with Crippen LogP contribution in [-0.4, -0.2) is 34.2 Å². The van der Waals surface area contributed by atoms with E-state index in [1.54, 1.807) is 7.11 Å². The van der Waals surface area contributed by atoms with E-state index in [2.05, 4.69) is 60.3 Å². The number of nitrogens with one attached hydrogen (secondary N) is 2. The Morgan fingerprint density at radius 2 is 1.69 bits per heavy atom. The second-order valence-electron chi connectivity index (χ2n) is 12.0. The van der Waals surface area contributed by atoms with Crippen molar-refractivity contribution < 1.29 is 21.8 Å². The third-order valence-corrected chi connectivity index (χ3v) is 8.32. The SMILES string of the molecule is COc1cc(-c2c[n+](-c3ccc(C(C)(C)C)cc3)[nH]n2)[nH]c1C=NC12CC3CC(CC(C3)C1)C2.[Cl-]. The van der Waals surface area contributed by atoms with Crippen molar-refractivity contribution in [1.82, 2.24) is 15.3 Å². The summed E-state index contributed by atoms with van der Waals surface area (Å²) in [4.78, 5) is 8.72. The maximum atomic E-state index is 5.69. The number of ether oxygens (including phenoxy) is 1. The lowest BCUT2D eigenvalue weighted by atomic mass is 9.53. The van der Waals surface area contributed by atoms with Gasteiger partial charge in [-0.05, 0) is 79.4 Å².